The number of phenols is 3. The predicted molar refractivity (Wildman–Crippen MR) is 105 cm³/mol. The van der Waals surface area contributed by atoms with Crippen LogP contribution in [0.25, 0.3) is 0 Å². The van der Waals surface area contributed by atoms with Crippen molar-refractivity contribution in [3.05, 3.63) is 89.5 Å². The minimum absolute atomic E-state index is 0. The number of aromatic hydroxyl groups is 3. The van der Waals surface area contributed by atoms with Crippen LogP contribution in [0.4, 0.5) is 0 Å². The Balaban J connectivity index is 0.000000429. The van der Waals surface area contributed by atoms with Crippen LogP contribution in [0.15, 0.2) is 72.8 Å². The quantitative estimate of drug-likeness (QED) is 0.285. The summed E-state index contributed by atoms with van der Waals surface area (Å²) < 4.78 is 0. The van der Waals surface area contributed by atoms with Crippen molar-refractivity contribution in [2.45, 2.75) is 0 Å². The molecular formula is C21H18O9Rh. The first-order valence-corrected chi connectivity index (χ1v) is 8.19. The second kappa shape index (κ2) is 13.3. The van der Waals surface area contributed by atoms with Gasteiger partial charge in [0.2, 0.25) is 0 Å². The molecule has 3 aromatic rings. The molecule has 1 radical (unpaired) electrons. The minimum atomic E-state index is -1.11. The standard InChI is InChI=1S/3C7H6O3.Rh/c3*8-6-4-2-1-3-5(6)7(9)10;/h3*1-4,8H,(H,9,10);. The molecule has 3 aromatic carbocycles. The van der Waals surface area contributed by atoms with Gasteiger partial charge in [0.1, 0.15) is 33.9 Å². The Kier molecular flexibility index (Phi) is 11.7. The number of rotatable bonds is 3. The van der Waals surface area contributed by atoms with Crippen LogP contribution in [0.2, 0.25) is 0 Å². The van der Waals surface area contributed by atoms with E-state index in [9.17, 15) is 14.4 Å². The van der Waals surface area contributed by atoms with Gasteiger partial charge in [0.05, 0.1) is 0 Å². The fourth-order valence-electron chi connectivity index (χ4n) is 1.96. The zero-order valence-electron chi connectivity index (χ0n) is 15.7. The van der Waals surface area contributed by atoms with Crippen LogP contribution in [-0.2, 0) is 19.5 Å². The molecule has 0 amide bonds. The second-order valence-corrected chi connectivity index (χ2v) is 5.47. The molecule has 9 nitrogen and oxygen atoms in total. The average molecular weight is 517 g/mol. The molecule has 0 spiro atoms. The number of para-hydroxylation sites is 3. The van der Waals surface area contributed by atoms with Crippen molar-refractivity contribution in [1.82, 2.24) is 0 Å². The summed E-state index contributed by atoms with van der Waals surface area (Å²) in [5.74, 6) is -3.94. The molecular weight excluding hydrogens is 499 g/mol. The molecule has 0 aromatic heterocycles. The number of carboxylic acids is 3. The Morgan fingerprint density at radius 3 is 0.774 bits per heavy atom. The Hall–Kier alpha value is -3.91. The van der Waals surface area contributed by atoms with E-state index in [2.05, 4.69) is 0 Å². The molecule has 0 aliphatic rings. The Morgan fingerprint density at radius 1 is 0.452 bits per heavy atom. The van der Waals surface area contributed by atoms with Crippen molar-refractivity contribution in [2.75, 3.05) is 0 Å². The first-order chi connectivity index (χ1) is 14.1. The van der Waals surface area contributed by atoms with Crippen molar-refractivity contribution in [2.24, 2.45) is 0 Å². The predicted octanol–water partition coefficient (Wildman–Crippen LogP) is 3.27. The minimum Gasteiger partial charge on any atom is -0.507 e. The smallest absolute Gasteiger partial charge is 0.339 e. The van der Waals surface area contributed by atoms with Crippen molar-refractivity contribution >= 4 is 17.9 Å². The van der Waals surface area contributed by atoms with Crippen molar-refractivity contribution in [1.29, 1.82) is 0 Å². The Morgan fingerprint density at radius 2 is 0.645 bits per heavy atom. The summed E-state index contributed by atoms with van der Waals surface area (Å²) in [6, 6.07) is 17.4. The molecule has 165 valence electrons. The molecule has 31 heavy (non-hydrogen) atoms. The summed E-state index contributed by atoms with van der Waals surface area (Å²) in [6.45, 7) is 0. The molecule has 0 saturated carbocycles. The Labute approximate surface area is 189 Å². The third kappa shape index (κ3) is 8.97. The van der Waals surface area contributed by atoms with Gasteiger partial charge in [0.15, 0.2) is 0 Å². The van der Waals surface area contributed by atoms with Gasteiger partial charge in [-0.1, -0.05) is 36.4 Å². The fraction of sp³-hybridized carbons (Fsp3) is 0. The molecule has 0 aliphatic carbocycles. The normalized spacial score (nSPS) is 8.90. The molecule has 0 heterocycles. The van der Waals surface area contributed by atoms with E-state index in [4.69, 9.17) is 30.6 Å². The van der Waals surface area contributed by atoms with Crippen LogP contribution in [0.3, 0.4) is 0 Å². The van der Waals surface area contributed by atoms with Gasteiger partial charge >= 0.3 is 17.9 Å². The zero-order valence-corrected chi connectivity index (χ0v) is 17.3. The number of carboxylic acid groups (broad SMARTS) is 3. The molecule has 0 aliphatic heterocycles. The maximum absolute atomic E-state index is 10.3. The zero-order chi connectivity index (χ0) is 22.7. The SMILES string of the molecule is O=C(O)c1ccccc1O.O=C(O)c1ccccc1O.O=C(O)c1ccccc1O.[Rh]. The summed E-state index contributed by atoms with van der Waals surface area (Å²) in [6.07, 6.45) is 0. The van der Waals surface area contributed by atoms with Gasteiger partial charge in [-0.25, -0.2) is 14.4 Å². The third-order valence-electron chi connectivity index (χ3n) is 3.40. The van der Waals surface area contributed by atoms with E-state index in [1.807, 2.05) is 0 Å². The van der Waals surface area contributed by atoms with Gasteiger partial charge < -0.3 is 30.6 Å². The Bertz CT molecular complexity index is 903. The van der Waals surface area contributed by atoms with E-state index in [1.165, 1.54) is 36.4 Å². The van der Waals surface area contributed by atoms with Gasteiger partial charge in [-0.3, -0.25) is 0 Å². The van der Waals surface area contributed by atoms with Gasteiger partial charge in [0.25, 0.3) is 0 Å². The van der Waals surface area contributed by atoms with E-state index >= 15 is 0 Å². The molecule has 0 bridgehead atoms. The first-order valence-electron chi connectivity index (χ1n) is 8.19. The summed E-state index contributed by atoms with van der Waals surface area (Å²) in [7, 11) is 0. The molecule has 3 rings (SSSR count). The van der Waals surface area contributed by atoms with Gasteiger partial charge in [-0.2, -0.15) is 0 Å². The van der Waals surface area contributed by atoms with Crippen molar-refractivity contribution in [3.8, 4) is 17.2 Å². The number of benzene rings is 3. The summed E-state index contributed by atoms with van der Waals surface area (Å²) in [5.41, 5.74) is -0.201. The van der Waals surface area contributed by atoms with Crippen LogP contribution in [0.1, 0.15) is 31.1 Å². The van der Waals surface area contributed by atoms with Crippen molar-refractivity contribution in [3.63, 3.8) is 0 Å². The number of hydrogen-bond acceptors (Lipinski definition) is 6. The summed E-state index contributed by atoms with van der Waals surface area (Å²) >= 11 is 0. The van der Waals surface area contributed by atoms with Crippen LogP contribution in [-0.4, -0.2) is 48.5 Å². The van der Waals surface area contributed by atoms with E-state index in [1.54, 1.807) is 36.4 Å². The van der Waals surface area contributed by atoms with Crippen LogP contribution in [0.5, 0.6) is 17.2 Å². The van der Waals surface area contributed by atoms with E-state index in [-0.39, 0.29) is 53.4 Å². The van der Waals surface area contributed by atoms with Gasteiger partial charge in [0, 0.05) is 19.5 Å². The monoisotopic (exact) mass is 517 g/mol. The molecule has 0 saturated heterocycles. The van der Waals surface area contributed by atoms with Gasteiger partial charge in [-0.05, 0) is 36.4 Å². The molecule has 6 N–H and O–H groups in total. The van der Waals surface area contributed by atoms with E-state index in [0.717, 1.165) is 0 Å². The van der Waals surface area contributed by atoms with Crippen molar-refractivity contribution < 1.29 is 64.5 Å². The molecule has 0 unspecified atom stereocenters. The summed E-state index contributed by atoms with van der Waals surface area (Å²) in [5, 5.41) is 51.9. The fourth-order valence-corrected chi connectivity index (χ4v) is 1.96. The number of hydrogen-bond donors (Lipinski definition) is 6. The van der Waals surface area contributed by atoms with E-state index in [0.29, 0.717) is 0 Å². The third-order valence-corrected chi connectivity index (χ3v) is 3.40. The molecule has 0 fully saturated rings. The number of carbonyl (C=O) groups is 3. The van der Waals surface area contributed by atoms with Crippen LogP contribution in [0, 0.1) is 0 Å². The average Bonchev–Trinajstić information content (AvgIpc) is 2.69. The van der Waals surface area contributed by atoms with E-state index < -0.39 is 17.9 Å². The molecule has 0 atom stereocenters. The topological polar surface area (TPSA) is 173 Å². The van der Waals surface area contributed by atoms with Gasteiger partial charge in [-0.15, -0.1) is 0 Å². The largest absolute Gasteiger partial charge is 0.507 e. The maximum atomic E-state index is 10.3. The van der Waals surface area contributed by atoms with Crippen LogP contribution < -0.4 is 0 Å². The molecule has 10 heteroatoms. The summed E-state index contributed by atoms with van der Waals surface area (Å²) in [4.78, 5) is 30.8. The van der Waals surface area contributed by atoms with Crippen LogP contribution >= 0.6 is 0 Å². The number of aromatic carboxylic acids is 3. The maximum Gasteiger partial charge on any atom is 0.339 e. The first kappa shape index (κ1) is 27.1. The second-order valence-electron chi connectivity index (χ2n) is 5.47.